The number of nitrogens with one attached hydrogen (secondary N) is 1. The predicted molar refractivity (Wildman–Crippen MR) is 76.0 cm³/mol. The van der Waals surface area contributed by atoms with Gasteiger partial charge in [0.25, 0.3) is 0 Å². The molecule has 6 heteroatoms. The third-order valence-electron chi connectivity index (χ3n) is 2.67. The molecule has 0 spiro atoms. The summed E-state index contributed by atoms with van der Waals surface area (Å²) in [4.78, 5) is 4.36. The topological polar surface area (TPSA) is 69.4 Å². The summed E-state index contributed by atoms with van der Waals surface area (Å²) in [6.45, 7) is 0.264. The molecule has 0 aliphatic carbocycles. The molecule has 0 bridgehead atoms. The standard InChI is InChI=1S/C13H11N3O2S/c14-13(19)10-5-9(3-4-15-10)16-8-1-2-11-12(6-8)18-7-17-11/h1-6H,7H2,(H2,14,19)(H,15,16). The van der Waals surface area contributed by atoms with E-state index in [0.717, 1.165) is 22.9 Å². The molecular weight excluding hydrogens is 262 g/mol. The molecule has 0 atom stereocenters. The van der Waals surface area contributed by atoms with Crippen LogP contribution in [0.2, 0.25) is 0 Å². The van der Waals surface area contributed by atoms with Crippen molar-refractivity contribution >= 4 is 28.6 Å². The van der Waals surface area contributed by atoms with Gasteiger partial charge in [0.05, 0.1) is 5.69 Å². The molecule has 2 heterocycles. The molecule has 1 aliphatic heterocycles. The summed E-state index contributed by atoms with van der Waals surface area (Å²) in [6, 6.07) is 9.29. The molecule has 0 unspecified atom stereocenters. The number of nitrogens with zero attached hydrogens (tertiary/aromatic N) is 1. The molecule has 0 saturated heterocycles. The number of fused-ring (bicyclic) bond motifs is 1. The van der Waals surface area contributed by atoms with E-state index in [4.69, 9.17) is 27.4 Å². The van der Waals surface area contributed by atoms with Crippen LogP contribution in [0.5, 0.6) is 11.5 Å². The first-order valence-corrected chi connectivity index (χ1v) is 6.06. The Labute approximate surface area is 115 Å². The number of aromatic nitrogens is 1. The first-order valence-electron chi connectivity index (χ1n) is 5.65. The fourth-order valence-electron chi connectivity index (χ4n) is 1.78. The van der Waals surface area contributed by atoms with Gasteiger partial charge in [-0.25, -0.2) is 0 Å². The largest absolute Gasteiger partial charge is 0.454 e. The average Bonchev–Trinajstić information content (AvgIpc) is 2.86. The van der Waals surface area contributed by atoms with E-state index in [1.165, 1.54) is 0 Å². The minimum absolute atomic E-state index is 0.264. The maximum Gasteiger partial charge on any atom is 0.231 e. The predicted octanol–water partition coefficient (Wildman–Crippen LogP) is 2.19. The first kappa shape index (κ1) is 11.7. The van der Waals surface area contributed by atoms with Crippen molar-refractivity contribution < 1.29 is 9.47 Å². The van der Waals surface area contributed by atoms with Gasteiger partial charge in [-0.15, -0.1) is 0 Å². The highest BCUT2D eigenvalue weighted by Gasteiger charge is 2.13. The molecule has 3 rings (SSSR count). The Morgan fingerprint density at radius 3 is 2.79 bits per heavy atom. The van der Waals surface area contributed by atoms with E-state index in [2.05, 4.69) is 10.3 Å². The van der Waals surface area contributed by atoms with Crippen molar-refractivity contribution in [2.24, 2.45) is 5.73 Å². The summed E-state index contributed by atoms with van der Waals surface area (Å²) in [6.07, 6.45) is 1.66. The Hall–Kier alpha value is -2.34. The highest BCUT2D eigenvalue weighted by atomic mass is 32.1. The van der Waals surface area contributed by atoms with Crippen molar-refractivity contribution in [1.29, 1.82) is 0 Å². The van der Waals surface area contributed by atoms with Crippen LogP contribution in [0, 0.1) is 0 Å². The van der Waals surface area contributed by atoms with Gasteiger partial charge in [-0.1, -0.05) is 12.2 Å². The number of anilines is 2. The zero-order valence-corrected chi connectivity index (χ0v) is 10.7. The van der Waals surface area contributed by atoms with Gasteiger partial charge in [0.1, 0.15) is 4.99 Å². The fraction of sp³-hybridized carbons (Fsp3) is 0.0769. The van der Waals surface area contributed by atoms with Gasteiger partial charge in [0.2, 0.25) is 6.79 Å². The lowest BCUT2D eigenvalue weighted by Gasteiger charge is -2.08. The van der Waals surface area contributed by atoms with Gasteiger partial charge >= 0.3 is 0 Å². The third-order valence-corrected chi connectivity index (χ3v) is 2.88. The molecule has 0 saturated carbocycles. The van der Waals surface area contributed by atoms with E-state index < -0.39 is 0 Å². The summed E-state index contributed by atoms with van der Waals surface area (Å²) in [5.41, 5.74) is 7.89. The van der Waals surface area contributed by atoms with Crippen molar-refractivity contribution in [3.63, 3.8) is 0 Å². The second-order valence-corrected chi connectivity index (χ2v) is 4.43. The van der Waals surface area contributed by atoms with Gasteiger partial charge in [0, 0.05) is 23.6 Å². The van der Waals surface area contributed by atoms with Crippen molar-refractivity contribution in [2.45, 2.75) is 0 Å². The van der Waals surface area contributed by atoms with Crippen molar-refractivity contribution in [3.8, 4) is 11.5 Å². The second kappa shape index (κ2) is 4.74. The lowest BCUT2D eigenvalue weighted by molar-refractivity contribution is 0.174. The van der Waals surface area contributed by atoms with Crippen LogP contribution in [-0.4, -0.2) is 16.8 Å². The molecule has 5 nitrogen and oxygen atoms in total. The Morgan fingerprint density at radius 2 is 1.95 bits per heavy atom. The van der Waals surface area contributed by atoms with E-state index in [1.54, 1.807) is 12.3 Å². The maximum atomic E-state index is 5.55. The normalized spacial score (nSPS) is 12.2. The number of hydrogen-bond acceptors (Lipinski definition) is 5. The number of benzene rings is 1. The Bertz CT molecular complexity index is 646. The molecule has 3 N–H and O–H groups in total. The third kappa shape index (κ3) is 2.43. The zero-order chi connectivity index (χ0) is 13.2. The van der Waals surface area contributed by atoms with E-state index in [1.807, 2.05) is 24.3 Å². The second-order valence-electron chi connectivity index (χ2n) is 3.99. The van der Waals surface area contributed by atoms with E-state index in [-0.39, 0.29) is 11.8 Å². The molecule has 1 aliphatic rings. The van der Waals surface area contributed by atoms with Gasteiger partial charge in [-0.2, -0.15) is 0 Å². The smallest absolute Gasteiger partial charge is 0.231 e. The van der Waals surface area contributed by atoms with Crippen LogP contribution in [-0.2, 0) is 0 Å². The maximum absolute atomic E-state index is 5.55. The molecule has 2 aromatic rings. The molecule has 0 fully saturated rings. The lowest BCUT2D eigenvalue weighted by Crippen LogP contribution is -2.11. The minimum atomic E-state index is 0.264. The Balaban J connectivity index is 1.85. The Morgan fingerprint density at radius 1 is 1.16 bits per heavy atom. The quantitative estimate of drug-likeness (QED) is 0.835. The van der Waals surface area contributed by atoms with E-state index in [9.17, 15) is 0 Å². The van der Waals surface area contributed by atoms with Crippen LogP contribution in [0.25, 0.3) is 0 Å². The van der Waals surface area contributed by atoms with Gasteiger partial charge in [-0.05, 0) is 24.3 Å². The van der Waals surface area contributed by atoms with Gasteiger partial charge in [0.15, 0.2) is 11.5 Å². The molecule has 96 valence electrons. The van der Waals surface area contributed by atoms with Crippen LogP contribution in [0.3, 0.4) is 0 Å². The number of ether oxygens (including phenoxy) is 2. The summed E-state index contributed by atoms with van der Waals surface area (Å²) < 4.78 is 10.6. The van der Waals surface area contributed by atoms with E-state index >= 15 is 0 Å². The zero-order valence-electron chi connectivity index (χ0n) is 9.92. The monoisotopic (exact) mass is 273 g/mol. The highest BCUT2D eigenvalue weighted by Crippen LogP contribution is 2.35. The van der Waals surface area contributed by atoms with Crippen molar-refractivity contribution in [1.82, 2.24) is 4.98 Å². The molecule has 19 heavy (non-hydrogen) atoms. The highest BCUT2D eigenvalue weighted by molar-refractivity contribution is 7.80. The van der Waals surface area contributed by atoms with Gasteiger partial charge < -0.3 is 20.5 Å². The van der Waals surface area contributed by atoms with Crippen LogP contribution < -0.4 is 20.5 Å². The van der Waals surface area contributed by atoms with Crippen LogP contribution >= 0.6 is 12.2 Å². The number of rotatable bonds is 3. The molecular formula is C13H11N3O2S. The number of nitrogens with two attached hydrogens (primary N) is 1. The summed E-state index contributed by atoms with van der Waals surface area (Å²) in [5, 5.41) is 3.24. The number of hydrogen-bond donors (Lipinski definition) is 2. The SMILES string of the molecule is NC(=S)c1cc(Nc2ccc3c(c2)OCO3)ccn1. The summed E-state index contributed by atoms with van der Waals surface area (Å²) in [5.74, 6) is 1.48. The first-order chi connectivity index (χ1) is 9.22. The van der Waals surface area contributed by atoms with Crippen LogP contribution in [0.4, 0.5) is 11.4 Å². The van der Waals surface area contributed by atoms with Crippen LogP contribution in [0.15, 0.2) is 36.5 Å². The summed E-state index contributed by atoms with van der Waals surface area (Å²) >= 11 is 4.90. The van der Waals surface area contributed by atoms with E-state index in [0.29, 0.717) is 5.69 Å². The molecule has 1 aromatic carbocycles. The summed E-state index contributed by atoms with van der Waals surface area (Å²) in [7, 11) is 0. The minimum Gasteiger partial charge on any atom is -0.454 e. The molecule has 1 aromatic heterocycles. The van der Waals surface area contributed by atoms with Crippen LogP contribution in [0.1, 0.15) is 5.69 Å². The van der Waals surface area contributed by atoms with Crippen molar-refractivity contribution in [3.05, 3.63) is 42.2 Å². The van der Waals surface area contributed by atoms with Gasteiger partial charge in [-0.3, -0.25) is 4.98 Å². The Kier molecular flexibility index (Phi) is 2.92. The lowest BCUT2D eigenvalue weighted by atomic mass is 10.2. The van der Waals surface area contributed by atoms with Crippen molar-refractivity contribution in [2.75, 3.05) is 12.1 Å². The number of pyridine rings is 1. The molecule has 0 radical (unpaired) electrons. The average molecular weight is 273 g/mol. The fourth-order valence-corrected chi connectivity index (χ4v) is 1.90. The number of thiocarbonyl (C=S) groups is 1. The molecule has 0 amide bonds.